The average molecular weight is 308 g/mol. The smallest absolute Gasteiger partial charge is 0.130 e. The Balaban J connectivity index is 2.08. The highest BCUT2D eigenvalue weighted by atomic mass is 79.9. The third-order valence-corrected chi connectivity index (χ3v) is 3.00. The molecule has 18 heavy (non-hydrogen) atoms. The van der Waals surface area contributed by atoms with Crippen LogP contribution in [0.3, 0.4) is 0 Å². The van der Waals surface area contributed by atoms with Gasteiger partial charge in [0.1, 0.15) is 12.4 Å². The van der Waals surface area contributed by atoms with Crippen molar-refractivity contribution in [1.29, 1.82) is 0 Å². The summed E-state index contributed by atoms with van der Waals surface area (Å²) in [5.41, 5.74) is 5.31. The fourth-order valence-corrected chi connectivity index (χ4v) is 1.87. The van der Waals surface area contributed by atoms with E-state index in [1.807, 2.05) is 31.2 Å². The molecule has 0 amide bonds. The normalized spacial score (nSPS) is 10.2. The van der Waals surface area contributed by atoms with Crippen molar-refractivity contribution >= 4 is 21.6 Å². The van der Waals surface area contributed by atoms with E-state index in [0.717, 1.165) is 27.2 Å². The minimum absolute atomic E-state index is 0.410. The van der Waals surface area contributed by atoms with Crippen molar-refractivity contribution in [3.8, 4) is 5.75 Å². The highest BCUT2D eigenvalue weighted by Gasteiger charge is 2.02. The van der Waals surface area contributed by atoms with Crippen LogP contribution in [0.4, 0.5) is 5.69 Å². The van der Waals surface area contributed by atoms with Crippen molar-refractivity contribution in [3.05, 3.63) is 52.3 Å². The molecule has 0 radical (unpaired) electrons. The second kappa shape index (κ2) is 5.84. The summed E-state index contributed by atoms with van der Waals surface area (Å²) in [6.45, 7) is 2.42. The maximum atomic E-state index is 5.74. The molecule has 0 unspecified atom stereocenters. The monoisotopic (exact) mass is 307 g/mol. The molecule has 2 aromatic rings. The number of nitrogens with one attached hydrogen (secondary N) is 1. The van der Waals surface area contributed by atoms with Gasteiger partial charge in [-0.05, 0) is 36.8 Å². The Kier molecular flexibility index (Phi) is 4.17. The van der Waals surface area contributed by atoms with E-state index in [0.29, 0.717) is 6.61 Å². The van der Waals surface area contributed by atoms with Gasteiger partial charge in [-0.3, -0.25) is 10.8 Å². The molecule has 1 aromatic heterocycles. The van der Waals surface area contributed by atoms with Crippen molar-refractivity contribution in [1.82, 2.24) is 4.98 Å². The summed E-state index contributed by atoms with van der Waals surface area (Å²) in [6.07, 6.45) is 1.70. The molecule has 1 heterocycles. The number of nitrogens with two attached hydrogens (primary N) is 1. The number of aryl methyl sites for hydroxylation is 1. The van der Waals surface area contributed by atoms with Crippen LogP contribution in [0.5, 0.6) is 5.75 Å². The lowest BCUT2D eigenvalue weighted by atomic mass is 10.2. The van der Waals surface area contributed by atoms with Gasteiger partial charge in [0.05, 0.1) is 11.4 Å². The molecule has 0 aliphatic heterocycles. The molecule has 1 aromatic carbocycles. The molecule has 5 heteroatoms. The molecule has 0 saturated heterocycles. The molecular formula is C13H14BrN3O. The van der Waals surface area contributed by atoms with Gasteiger partial charge in [0.2, 0.25) is 0 Å². The average Bonchev–Trinajstić information content (AvgIpc) is 2.40. The summed E-state index contributed by atoms with van der Waals surface area (Å²) in [6, 6.07) is 9.59. The van der Waals surface area contributed by atoms with Crippen LogP contribution in [0.1, 0.15) is 11.3 Å². The molecule has 2 rings (SSSR count). The summed E-state index contributed by atoms with van der Waals surface area (Å²) < 4.78 is 6.74. The number of benzene rings is 1. The number of aromatic nitrogens is 1. The van der Waals surface area contributed by atoms with E-state index >= 15 is 0 Å². The number of nitrogen functional groups attached to an aromatic ring is 1. The number of halogens is 1. The highest BCUT2D eigenvalue weighted by Crippen LogP contribution is 2.23. The second-order valence-corrected chi connectivity index (χ2v) is 4.79. The zero-order valence-electron chi connectivity index (χ0n) is 9.98. The van der Waals surface area contributed by atoms with E-state index in [2.05, 4.69) is 26.3 Å². The quantitative estimate of drug-likeness (QED) is 0.673. The fraction of sp³-hybridized carbons (Fsp3) is 0.154. The number of rotatable bonds is 4. The minimum atomic E-state index is 0.410. The minimum Gasteiger partial charge on any atom is -0.487 e. The van der Waals surface area contributed by atoms with Gasteiger partial charge in [-0.2, -0.15) is 0 Å². The van der Waals surface area contributed by atoms with Crippen LogP contribution >= 0.6 is 15.9 Å². The number of pyridine rings is 1. The van der Waals surface area contributed by atoms with Gasteiger partial charge in [0, 0.05) is 10.7 Å². The number of ether oxygens (including phenoxy) is 1. The Labute approximate surface area is 114 Å². The topological polar surface area (TPSA) is 60.2 Å². The maximum absolute atomic E-state index is 5.74. The molecule has 4 nitrogen and oxygen atoms in total. The summed E-state index contributed by atoms with van der Waals surface area (Å²) in [5, 5.41) is 0. The Morgan fingerprint density at radius 1 is 1.33 bits per heavy atom. The van der Waals surface area contributed by atoms with Crippen molar-refractivity contribution in [2.75, 3.05) is 5.43 Å². The van der Waals surface area contributed by atoms with Crippen LogP contribution < -0.4 is 16.0 Å². The first-order valence-electron chi connectivity index (χ1n) is 5.49. The van der Waals surface area contributed by atoms with E-state index in [-0.39, 0.29) is 0 Å². The van der Waals surface area contributed by atoms with Crippen molar-refractivity contribution < 1.29 is 4.74 Å². The third-order valence-electron chi connectivity index (χ3n) is 2.51. The molecular weight excluding hydrogens is 294 g/mol. The van der Waals surface area contributed by atoms with Crippen molar-refractivity contribution in [3.63, 3.8) is 0 Å². The molecule has 0 fully saturated rings. The highest BCUT2D eigenvalue weighted by molar-refractivity contribution is 9.10. The number of hydrogen-bond acceptors (Lipinski definition) is 4. The molecule has 0 aliphatic rings. The standard InChI is InChI=1S/C13H14BrN3O/c1-9-2-3-10(14)6-13(9)18-8-12-7-11(17-15)4-5-16-12/h2-7H,8,15H2,1H3,(H,16,17). The molecule has 0 atom stereocenters. The Hall–Kier alpha value is -1.59. The van der Waals surface area contributed by atoms with Gasteiger partial charge in [-0.1, -0.05) is 22.0 Å². The van der Waals surface area contributed by atoms with Crippen LogP contribution in [0, 0.1) is 6.92 Å². The van der Waals surface area contributed by atoms with Crippen LogP contribution in [-0.4, -0.2) is 4.98 Å². The summed E-state index contributed by atoms with van der Waals surface area (Å²) in [5.74, 6) is 6.19. The Morgan fingerprint density at radius 2 is 2.17 bits per heavy atom. The molecule has 0 saturated carbocycles. The lowest BCUT2D eigenvalue weighted by molar-refractivity contribution is 0.299. The number of anilines is 1. The fourth-order valence-electron chi connectivity index (χ4n) is 1.53. The van der Waals surface area contributed by atoms with Crippen LogP contribution in [0.2, 0.25) is 0 Å². The van der Waals surface area contributed by atoms with Gasteiger partial charge < -0.3 is 10.2 Å². The van der Waals surface area contributed by atoms with Crippen LogP contribution in [0.25, 0.3) is 0 Å². The largest absolute Gasteiger partial charge is 0.487 e. The van der Waals surface area contributed by atoms with Gasteiger partial charge in [0.25, 0.3) is 0 Å². The van der Waals surface area contributed by atoms with Gasteiger partial charge in [0.15, 0.2) is 0 Å². The predicted octanol–water partition coefficient (Wildman–Crippen LogP) is 3.02. The first kappa shape index (κ1) is 12.9. The van der Waals surface area contributed by atoms with Crippen LogP contribution in [0.15, 0.2) is 41.0 Å². The number of hydrazine groups is 1. The first-order valence-corrected chi connectivity index (χ1v) is 6.29. The lowest BCUT2D eigenvalue weighted by Crippen LogP contribution is -2.08. The SMILES string of the molecule is Cc1ccc(Br)cc1OCc1cc(NN)ccn1. The van der Waals surface area contributed by atoms with Gasteiger partial charge >= 0.3 is 0 Å². The van der Waals surface area contributed by atoms with Gasteiger partial charge in [-0.15, -0.1) is 0 Å². The molecule has 0 spiro atoms. The van der Waals surface area contributed by atoms with Crippen LogP contribution in [-0.2, 0) is 6.61 Å². The van der Waals surface area contributed by atoms with Crippen molar-refractivity contribution in [2.24, 2.45) is 5.84 Å². The maximum Gasteiger partial charge on any atom is 0.130 e. The zero-order valence-corrected chi connectivity index (χ0v) is 11.6. The van der Waals surface area contributed by atoms with Gasteiger partial charge in [-0.25, -0.2) is 0 Å². The summed E-state index contributed by atoms with van der Waals surface area (Å²) in [4.78, 5) is 4.22. The molecule has 94 valence electrons. The molecule has 3 N–H and O–H groups in total. The second-order valence-electron chi connectivity index (χ2n) is 3.88. The lowest BCUT2D eigenvalue weighted by Gasteiger charge is -2.09. The summed E-state index contributed by atoms with van der Waals surface area (Å²) in [7, 11) is 0. The Morgan fingerprint density at radius 3 is 2.94 bits per heavy atom. The number of nitrogens with zero attached hydrogens (tertiary/aromatic N) is 1. The van der Waals surface area contributed by atoms with E-state index in [9.17, 15) is 0 Å². The van der Waals surface area contributed by atoms with E-state index < -0.39 is 0 Å². The number of hydrogen-bond donors (Lipinski definition) is 2. The summed E-state index contributed by atoms with van der Waals surface area (Å²) >= 11 is 3.42. The first-order chi connectivity index (χ1) is 8.69. The molecule has 0 aliphatic carbocycles. The zero-order chi connectivity index (χ0) is 13.0. The third kappa shape index (κ3) is 3.21. The van der Waals surface area contributed by atoms with E-state index in [1.54, 1.807) is 12.3 Å². The Bertz CT molecular complexity index is 546. The predicted molar refractivity (Wildman–Crippen MR) is 75.3 cm³/mol. The molecule has 0 bridgehead atoms. The van der Waals surface area contributed by atoms with E-state index in [1.165, 1.54) is 0 Å². The van der Waals surface area contributed by atoms with Crippen molar-refractivity contribution in [2.45, 2.75) is 13.5 Å². The van der Waals surface area contributed by atoms with E-state index in [4.69, 9.17) is 10.6 Å².